The summed E-state index contributed by atoms with van der Waals surface area (Å²) in [5, 5.41) is 0. The summed E-state index contributed by atoms with van der Waals surface area (Å²) in [5.74, 6) is 0.751. The molecule has 2 N–H and O–H groups in total. The fraction of sp³-hybridized carbons (Fsp3) is 0.364. The predicted octanol–water partition coefficient (Wildman–Crippen LogP) is 1.18. The first-order valence-corrected chi connectivity index (χ1v) is 5.14. The number of nitrogens with two attached hydrogens (primary N) is 1. The van der Waals surface area contributed by atoms with Gasteiger partial charge in [-0.05, 0) is 12.1 Å². The molecule has 0 amide bonds. The summed E-state index contributed by atoms with van der Waals surface area (Å²) in [6.07, 6.45) is 1.42. The van der Waals surface area contributed by atoms with E-state index in [1.807, 2.05) is 18.2 Å². The minimum Gasteiger partial charge on any atom is -0.491 e. The van der Waals surface area contributed by atoms with Crippen molar-refractivity contribution in [1.29, 1.82) is 0 Å². The Labute approximate surface area is 93.2 Å². The molecule has 0 radical (unpaired) electrons. The number of ether oxygens (including phenoxy) is 2. The van der Waals surface area contributed by atoms with Gasteiger partial charge in [-0.2, -0.15) is 0 Å². The van der Waals surface area contributed by atoms with E-state index in [1.165, 1.54) is 6.39 Å². The SMILES string of the molecule is NCCOCCOc1ccc2ncoc2c1. The Balaban J connectivity index is 1.84. The minimum absolute atomic E-state index is 0.500. The molecule has 0 atom stereocenters. The van der Waals surface area contributed by atoms with Gasteiger partial charge in [0.1, 0.15) is 17.9 Å². The molecule has 1 aromatic carbocycles. The second-order valence-corrected chi connectivity index (χ2v) is 3.23. The van der Waals surface area contributed by atoms with E-state index in [0.717, 1.165) is 16.8 Å². The summed E-state index contributed by atoms with van der Waals surface area (Å²) in [6, 6.07) is 5.52. The summed E-state index contributed by atoms with van der Waals surface area (Å²) >= 11 is 0. The second kappa shape index (κ2) is 5.48. The van der Waals surface area contributed by atoms with E-state index >= 15 is 0 Å². The van der Waals surface area contributed by atoms with Gasteiger partial charge < -0.3 is 19.6 Å². The van der Waals surface area contributed by atoms with E-state index in [0.29, 0.717) is 26.4 Å². The van der Waals surface area contributed by atoms with Gasteiger partial charge in [-0.1, -0.05) is 0 Å². The molecule has 0 saturated heterocycles. The molecule has 0 fully saturated rings. The number of aromatic nitrogens is 1. The third kappa shape index (κ3) is 2.71. The summed E-state index contributed by atoms with van der Waals surface area (Å²) < 4.78 is 15.8. The molecule has 1 aromatic heterocycles. The van der Waals surface area contributed by atoms with Gasteiger partial charge in [0.25, 0.3) is 0 Å². The van der Waals surface area contributed by atoms with Gasteiger partial charge in [0.05, 0.1) is 13.2 Å². The highest BCUT2D eigenvalue weighted by atomic mass is 16.5. The van der Waals surface area contributed by atoms with E-state index in [9.17, 15) is 0 Å². The molecule has 0 spiro atoms. The molecule has 0 unspecified atom stereocenters. The number of hydrogen-bond donors (Lipinski definition) is 1. The van der Waals surface area contributed by atoms with Crippen LogP contribution in [-0.4, -0.2) is 31.3 Å². The third-order valence-corrected chi connectivity index (χ3v) is 2.06. The average molecular weight is 222 g/mol. The van der Waals surface area contributed by atoms with Crippen molar-refractivity contribution in [3.63, 3.8) is 0 Å². The van der Waals surface area contributed by atoms with E-state index < -0.39 is 0 Å². The molecule has 0 bridgehead atoms. The van der Waals surface area contributed by atoms with Crippen molar-refractivity contribution in [3.8, 4) is 5.75 Å². The van der Waals surface area contributed by atoms with Crippen LogP contribution in [0.15, 0.2) is 29.0 Å². The lowest BCUT2D eigenvalue weighted by atomic mass is 10.3. The van der Waals surface area contributed by atoms with Crippen molar-refractivity contribution < 1.29 is 13.9 Å². The summed E-state index contributed by atoms with van der Waals surface area (Å²) in [4.78, 5) is 4.02. The summed E-state index contributed by atoms with van der Waals surface area (Å²) in [6.45, 7) is 2.12. The van der Waals surface area contributed by atoms with E-state index in [1.54, 1.807) is 0 Å². The quantitative estimate of drug-likeness (QED) is 0.743. The Bertz CT molecular complexity index is 441. The Morgan fingerprint density at radius 1 is 1.25 bits per heavy atom. The molecular weight excluding hydrogens is 208 g/mol. The molecule has 1 heterocycles. The van der Waals surface area contributed by atoms with Crippen molar-refractivity contribution in [3.05, 3.63) is 24.6 Å². The molecule has 0 aliphatic carbocycles. The minimum atomic E-state index is 0.500. The van der Waals surface area contributed by atoms with Crippen LogP contribution in [0.1, 0.15) is 0 Å². The summed E-state index contributed by atoms with van der Waals surface area (Å²) in [5.41, 5.74) is 6.84. The highest BCUT2D eigenvalue weighted by Crippen LogP contribution is 2.19. The molecule has 0 saturated carbocycles. The second-order valence-electron chi connectivity index (χ2n) is 3.23. The van der Waals surface area contributed by atoms with Gasteiger partial charge in [-0.15, -0.1) is 0 Å². The predicted molar refractivity (Wildman–Crippen MR) is 59.4 cm³/mol. The number of hydrogen-bond acceptors (Lipinski definition) is 5. The molecule has 0 aliphatic rings. The molecule has 0 aliphatic heterocycles. The zero-order valence-corrected chi connectivity index (χ0v) is 8.89. The van der Waals surface area contributed by atoms with E-state index in [-0.39, 0.29) is 0 Å². The van der Waals surface area contributed by atoms with Crippen LogP contribution in [0.5, 0.6) is 5.75 Å². The van der Waals surface area contributed by atoms with Gasteiger partial charge in [0, 0.05) is 12.6 Å². The molecule has 2 aromatic rings. The first-order valence-electron chi connectivity index (χ1n) is 5.14. The van der Waals surface area contributed by atoms with Gasteiger partial charge in [-0.25, -0.2) is 4.98 Å². The number of benzene rings is 1. The molecule has 2 rings (SSSR count). The zero-order chi connectivity index (χ0) is 11.2. The highest BCUT2D eigenvalue weighted by Gasteiger charge is 2.00. The highest BCUT2D eigenvalue weighted by molar-refractivity contribution is 5.73. The molecular formula is C11H14N2O3. The maximum atomic E-state index is 5.48. The van der Waals surface area contributed by atoms with Crippen LogP contribution in [0, 0.1) is 0 Å². The summed E-state index contributed by atoms with van der Waals surface area (Å²) in [7, 11) is 0. The lowest BCUT2D eigenvalue weighted by Gasteiger charge is -2.05. The third-order valence-electron chi connectivity index (χ3n) is 2.06. The lowest BCUT2D eigenvalue weighted by molar-refractivity contribution is 0.106. The van der Waals surface area contributed by atoms with Crippen LogP contribution in [-0.2, 0) is 4.74 Å². The first-order chi connectivity index (χ1) is 7.90. The molecule has 16 heavy (non-hydrogen) atoms. The fourth-order valence-electron chi connectivity index (χ4n) is 1.33. The number of oxazole rings is 1. The van der Waals surface area contributed by atoms with E-state index in [2.05, 4.69) is 4.98 Å². The number of fused-ring (bicyclic) bond motifs is 1. The van der Waals surface area contributed by atoms with Gasteiger partial charge >= 0.3 is 0 Å². The Kier molecular flexibility index (Phi) is 3.74. The van der Waals surface area contributed by atoms with Crippen LogP contribution in [0.4, 0.5) is 0 Å². The monoisotopic (exact) mass is 222 g/mol. The lowest BCUT2D eigenvalue weighted by Crippen LogP contribution is -2.13. The van der Waals surface area contributed by atoms with Crippen molar-refractivity contribution in [2.75, 3.05) is 26.4 Å². The average Bonchev–Trinajstić information content (AvgIpc) is 2.76. The van der Waals surface area contributed by atoms with Crippen LogP contribution >= 0.6 is 0 Å². The van der Waals surface area contributed by atoms with Gasteiger partial charge in [0.2, 0.25) is 0 Å². The largest absolute Gasteiger partial charge is 0.491 e. The van der Waals surface area contributed by atoms with Crippen molar-refractivity contribution in [2.45, 2.75) is 0 Å². The topological polar surface area (TPSA) is 70.5 Å². The van der Waals surface area contributed by atoms with Gasteiger partial charge in [0.15, 0.2) is 12.0 Å². The van der Waals surface area contributed by atoms with Gasteiger partial charge in [-0.3, -0.25) is 0 Å². The Hall–Kier alpha value is -1.59. The normalized spacial score (nSPS) is 10.8. The van der Waals surface area contributed by atoms with E-state index in [4.69, 9.17) is 19.6 Å². The maximum absolute atomic E-state index is 5.48. The number of nitrogens with zero attached hydrogens (tertiary/aromatic N) is 1. The molecule has 5 nitrogen and oxygen atoms in total. The van der Waals surface area contributed by atoms with Crippen LogP contribution in [0.3, 0.4) is 0 Å². The Morgan fingerprint density at radius 2 is 2.19 bits per heavy atom. The van der Waals surface area contributed by atoms with Crippen LogP contribution in [0.2, 0.25) is 0 Å². The fourth-order valence-corrected chi connectivity index (χ4v) is 1.33. The van der Waals surface area contributed by atoms with Crippen molar-refractivity contribution in [2.24, 2.45) is 5.73 Å². The number of rotatable bonds is 6. The zero-order valence-electron chi connectivity index (χ0n) is 8.89. The van der Waals surface area contributed by atoms with Crippen molar-refractivity contribution >= 4 is 11.1 Å². The molecule has 5 heteroatoms. The standard InChI is InChI=1S/C11H14N2O3/c12-3-4-14-5-6-15-9-1-2-10-11(7-9)16-8-13-10/h1-2,7-8H,3-6,12H2. The maximum Gasteiger partial charge on any atom is 0.181 e. The van der Waals surface area contributed by atoms with Crippen molar-refractivity contribution in [1.82, 2.24) is 4.98 Å². The molecule has 86 valence electrons. The Morgan fingerprint density at radius 3 is 3.06 bits per heavy atom. The van der Waals surface area contributed by atoms with Crippen LogP contribution < -0.4 is 10.5 Å². The first kappa shape index (κ1) is 10.9. The smallest absolute Gasteiger partial charge is 0.181 e. The van der Waals surface area contributed by atoms with Crippen LogP contribution in [0.25, 0.3) is 11.1 Å².